The molecule has 0 spiro atoms. The molecule has 0 amide bonds. The van der Waals surface area contributed by atoms with Gasteiger partial charge in [0.25, 0.3) is 0 Å². The van der Waals surface area contributed by atoms with Gasteiger partial charge in [-0.25, -0.2) is 0 Å². The Labute approximate surface area is 194 Å². The Morgan fingerprint density at radius 3 is 2.45 bits per heavy atom. The van der Waals surface area contributed by atoms with E-state index in [0.717, 1.165) is 32.1 Å². The van der Waals surface area contributed by atoms with Gasteiger partial charge in [-0.2, -0.15) is 0 Å². The van der Waals surface area contributed by atoms with Gasteiger partial charge in [0, 0.05) is 12.8 Å². The number of hydrogen-bond donors (Lipinski definition) is 0. The van der Waals surface area contributed by atoms with Crippen molar-refractivity contribution in [2.75, 3.05) is 0 Å². The fourth-order valence-corrected chi connectivity index (χ4v) is 7.81. The van der Waals surface area contributed by atoms with Gasteiger partial charge in [-0.1, -0.05) is 110 Å². The second-order valence-corrected chi connectivity index (χ2v) is 21.3. The molecule has 1 aliphatic carbocycles. The minimum absolute atomic E-state index is 0.261. The SMILES string of the molecule is C[C@H]1CC(=O)C(I)(C/C=C/[Si](C)(C)c2ccccc2)[C@H](CCC#C[Si](C)(C)C)C1. The van der Waals surface area contributed by atoms with E-state index in [2.05, 4.69) is 116 Å². The first-order valence-corrected chi connectivity index (χ1v) is 18.5. The number of alkyl halides is 1. The second kappa shape index (κ2) is 10.1. The van der Waals surface area contributed by atoms with Crippen molar-refractivity contribution in [2.24, 2.45) is 11.8 Å². The Morgan fingerprint density at radius 1 is 1.17 bits per heavy atom. The molecular weight excluding hydrogens is 499 g/mol. The Bertz CT molecular complexity index is 783. The molecule has 1 aliphatic rings. The van der Waals surface area contributed by atoms with Crippen LogP contribution in [0.5, 0.6) is 0 Å². The zero-order valence-corrected chi connectivity index (χ0v) is 23.2. The molecule has 3 atom stereocenters. The summed E-state index contributed by atoms with van der Waals surface area (Å²) in [7, 11) is -2.94. The Hall–Kier alpha value is -0.646. The predicted molar refractivity (Wildman–Crippen MR) is 141 cm³/mol. The smallest absolute Gasteiger partial charge is 0.149 e. The topological polar surface area (TPSA) is 17.1 Å². The van der Waals surface area contributed by atoms with Crippen molar-refractivity contribution < 1.29 is 4.79 Å². The summed E-state index contributed by atoms with van der Waals surface area (Å²) >= 11 is 2.50. The summed E-state index contributed by atoms with van der Waals surface area (Å²) in [6.45, 7) is 13.9. The van der Waals surface area contributed by atoms with E-state index >= 15 is 0 Å². The third kappa shape index (κ3) is 7.22. The van der Waals surface area contributed by atoms with Gasteiger partial charge in [0.2, 0.25) is 0 Å². The lowest BCUT2D eigenvalue weighted by molar-refractivity contribution is -0.125. The molecule has 2 rings (SSSR count). The highest BCUT2D eigenvalue weighted by atomic mass is 127. The fraction of sp³-hybridized carbons (Fsp3) is 0.560. The first-order valence-electron chi connectivity index (χ1n) is 10.9. The number of Topliss-reactive ketones (excluding diaryl/α,β-unsaturated/α-hetero) is 1. The van der Waals surface area contributed by atoms with Crippen molar-refractivity contribution in [1.82, 2.24) is 0 Å². The number of rotatable bonds is 6. The molecule has 1 saturated carbocycles. The lowest BCUT2D eigenvalue weighted by atomic mass is 9.70. The van der Waals surface area contributed by atoms with Crippen LogP contribution in [0.2, 0.25) is 32.7 Å². The molecule has 4 heteroatoms. The van der Waals surface area contributed by atoms with Crippen LogP contribution in [0.4, 0.5) is 0 Å². The van der Waals surface area contributed by atoms with Gasteiger partial charge in [-0.3, -0.25) is 4.79 Å². The van der Waals surface area contributed by atoms with Gasteiger partial charge in [-0.15, -0.1) is 11.5 Å². The summed E-state index contributed by atoms with van der Waals surface area (Å²) in [6, 6.07) is 10.8. The van der Waals surface area contributed by atoms with Gasteiger partial charge in [-0.05, 0) is 31.1 Å². The van der Waals surface area contributed by atoms with Gasteiger partial charge >= 0.3 is 0 Å². The van der Waals surface area contributed by atoms with Gasteiger partial charge < -0.3 is 0 Å². The average Bonchev–Trinajstić information content (AvgIpc) is 2.62. The highest BCUT2D eigenvalue weighted by molar-refractivity contribution is 14.1. The molecule has 0 N–H and O–H groups in total. The molecule has 1 nitrogen and oxygen atoms in total. The molecular formula is C25H37IOSi2. The number of benzene rings is 1. The molecule has 1 fully saturated rings. The van der Waals surface area contributed by atoms with E-state index in [9.17, 15) is 4.79 Å². The summed E-state index contributed by atoms with van der Waals surface area (Å²) in [5.74, 6) is 4.81. The number of ketones is 1. The van der Waals surface area contributed by atoms with Crippen LogP contribution in [-0.4, -0.2) is 25.4 Å². The zero-order valence-electron chi connectivity index (χ0n) is 19.0. The van der Waals surface area contributed by atoms with E-state index in [1.54, 1.807) is 0 Å². The van der Waals surface area contributed by atoms with Crippen molar-refractivity contribution in [1.29, 1.82) is 0 Å². The largest absolute Gasteiger partial charge is 0.298 e. The molecule has 0 radical (unpaired) electrons. The summed E-state index contributed by atoms with van der Waals surface area (Å²) in [6.07, 6.45) is 7.02. The molecule has 0 heterocycles. The van der Waals surface area contributed by atoms with E-state index in [-0.39, 0.29) is 3.42 Å². The Balaban J connectivity index is 2.12. The number of carbonyl (C=O) groups excluding carboxylic acids is 1. The van der Waals surface area contributed by atoms with Crippen LogP contribution in [0.1, 0.15) is 39.0 Å². The quantitative estimate of drug-likeness (QED) is 0.175. The summed E-state index contributed by atoms with van der Waals surface area (Å²) in [5, 5.41) is 1.44. The van der Waals surface area contributed by atoms with Crippen LogP contribution < -0.4 is 5.19 Å². The molecule has 0 saturated heterocycles. The van der Waals surface area contributed by atoms with E-state index in [1.807, 2.05) is 0 Å². The normalized spacial score (nSPS) is 25.7. The Morgan fingerprint density at radius 2 is 1.83 bits per heavy atom. The van der Waals surface area contributed by atoms with E-state index in [0.29, 0.717) is 17.6 Å². The highest BCUT2D eigenvalue weighted by Gasteiger charge is 2.45. The molecule has 1 aromatic carbocycles. The number of allylic oxidation sites excluding steroid dienone is 1. The minimum Gasteiger partial charge on any atom is -0.298 e. The van der Waals surface area contributed by atoms with E-state index in [4.69, 9.17) is 0 Å². The Kier molecular flexibility index (Phi) is 8.58. The lowest BCUT2D eigenvalue weighted by Crippen LogP contribution is -2.45. The van der Waals surface area contributed by atoms with Crippen molar-refractivity contribution >= 4 is 49.7 Å². The van der Waals surface area contributed by atoms with Gasteiger partial charge in [0.15, 0.2) is 0 Å². The number of halogens is 1. The molecule has 0 aromatic heterocycles. The third-order valence-corrected chi connectivity index (χ3v) is 11.6. The van der Waals surface area contributed by atoms with Crippen LogP contribution in [0.25, 0.3) is 0 Å². The third-order valence-electron chi connectivity index (χ3n) is 5.88. The zero-order chi connectivity index (χ0) is 21.7. The van der Waals surface area contributed by atoms with Crippen molar-refractivity contribution in [2.45, 2.75) is 75.2 Å². The van der Waals surface area contributed by atoms with Gasteiger partial charge in [0.05, 0.1) is 3.42 Å². The standard InChI is InChI=1S/C25H37IOSi2/c1-21-19-22(13-10-11-17-28(2,3)4)25(26,24(27)20-21)16-12-18-29(5,6)23-14-8-7-9-15-23/h7-9,12,14-15,18,21-22H,10,13,16,19-20H2,1-6H3/b18-12+/t21-,22-,25?/m1/s1. The van der Waals surface area contributed by atoms with Crippen LogP contribution in [0.15, 0.2) is 42.1 Å². The molecule has 1 unspecified atom stereocenters. The molecule has 0 bridgehead atoms. The molecule has 0 aliphatic heterocycles. The van der Waals surface area contributed by atoms with E-state index < -0.39 is 16.1 Å². The fourth-order valence-electron chi connectivity index (χ4n) is 4.16. The summed E-state index contributed by atoms with van der Waals surface area (Å²) in [5.41, 5.74) is 5.91. The van der Waals surface area contributed by atoms with Crippen LogP contribution >= 0.6 is 22.6 Å². The monoisotopic (exact) mass is 536 g/mol. The van der Waals surface area contributed by atoms with E-state index in [1.165, 1.54) is 5.19 Å². The first-order chi connectivity index (χ1) is 13.4. The van der Waals surface area contributed by atoms with Crippen molar-refractivity contribution in [3.63, 3.8) is 0 Å². The average molecular weight is 537 g/mol. The minimum atomic E-state index is -1.62. The summed E-state index contributed by atoms with van der Waals surface area (Å²) < 4.78 is -0.261. The lowest BCUT2D eigenvalue weighted by Gasteiger charge is -2.40. The highest BCUT2D eigenvalue weighted by Crippen LogP contribution is 2.45. The molecule has 1 aromatic rings. The maximum atomic E-state index is 13.1. The first kappa shape index (κ1) is 24.6. The molecule has 158 valence electrons. The van der Waals surface area contributed by atoms with Crippen LogP contribution in [0, 0.1) is 23.3 Å². The number of hydrogen-bond acceptors (Lipinski definition) is 1. The second-order valence-electron chi connectivity index (χ2n) is 10.3. The van der Waals surface area contributed by atoms with Crippen molar-refractivity contribution in [3.05, 3.63) is 42.1 Å². The van der Waals surface area contributed by atoms with Crippen molar-refractivity contribution in [3.8, 4) is 11.5 Å². The molecule has 29 heavy (non-hydrogen) atoms. The van der Waals surface area contributed by atoms with Crippen LogP contribution in [0.3, 0.4) is 0 Å². The van der Waals surface area contributed by atoms with Crippen LogP contribution in [-0.2, 0) is 4.79 Å². The predicted octanol–water partition coefficient (Wildman–Crippen LogP) is 6.54. The maximum Gasteiger partial charge on any atom is 0.149 e. The number of carbonyl (C=O) groups is 1. The summed E-state index contributed by atoms with van der Waals surface area (Å²) in [4.78, 5) is 13.1. The van der Waals surface area contributed by atoms with Gasteiger partial charge in [0.1, 0.15) is 21.9 Å². The maximum absolute atomic E-state index is 13.1.